The van der Waals surface area contributed by atoms with Crippen molar-refractivity contribution in [3.8, 4) is 27.9 Å². The molecule has 0 aliphatic heterocycles. The summed E-state index contributed by atoms with van der Waals surface area (Å²) in [7, 11) is 0. The van der Waals surface area contributed by atoms with Crippen molar-refractivity contribution in [1.82, 2.24) is 4.57 Å². The van der Waals surface area contributed by atoms with Gasteiger partial charge in [-0.05, 0) is 129 Å². The molecule has 0 N–H and O–H groups in total. The topological polar surface area (TPSA) is 21.3 Å². The van der Waals surface area contributed by atoms with E-state index >= 15 is 0 Å². The van der Waals surface area contributed by atoms with E-state index in [0.29, 0.717) is 0 Å². The number of anilines is 3. The average Bonchev–Trinajstić information content (AvgIpc) is 3.84. The molecule has 0 radical (unpaired) electrons. The second-order valence-corrected chi connectivity index (χ2v) is 15.4. The number of hydrogen-bond acceptors (Lipinski definition) is 2. The molecule has 12 aromatic rings. The summed E-state index contributed by atoms with van der Waals surface area (Å²) in [4.78, 5) is 2.38. The molecule has 0 amide bonds. The summed E-state index contributed by atoms with van der Waals surface area (Å²) in [5.74, 6) is 0. The molecule has 3 heteroatoms. The van der Waals surface area contributed by atoms with Gasteiger partial charge in [-0.1, -0.05) is 133 Å². The molecular formula is C56H36N2O. The lowest BCUT2D eigenvalue weighted by molar-refractivity contribution is 0.669. The van der Waals surface area contributed by atoms with Gasteiger partial charge in [0.25, 0.3) is 0 Å². The number of aromatic nitrogens is 1. The van der Waals surface area contributed by atoms with Crippen molar-refractivity contribution >= 4 is 82.4 Å². The standard InChI is InChI=1S/C56H36N2O/c1-3-13-41-32-46(26-23-37(41)11-1)57(47-27-24-38-12-2-4-14-42(38)33-47)45-18-10-17-43(34-45)39-15-9-16-40(31-39)44-25-29-54-51(35-44)49-19-5-7-21-53(49)58(54)48-28-30-56-52(36-48)50-20-6-8-22-55(50)59-56/h1-36H. The minimum Gasteiger partial charge on any atom is -0.456 e. The lowest BCUT2D eigenvalue weighted by Crippen LogP contribution is -2.10. The van der Waals surface area contributed by atoms with E-state index in [0.717, 1.165) is 50.3 Å². The van der Waals surface area contributed by atoms with Crippen LogP contribution in [0.25, 0.3) is 93.2 Å². The largest absolute Gasteiger partial charge is 0.456 e. The molecule has 12 rings (SSSR count). The fourth-order valence-electron chi connectivity index (χ4n) is 9.07. The van der Waals surface area contributed by atoms with Crippen molar-refractivity contribution in [1.29, 1.82) is 0 Å². The van der Waals surface area contributed by atoms with Crippen LogP contribution in [0.4, 0.5) is 17.1 Å². The van der Waals surface area contributed by atoms with Crippen LogP contribution in [0.15, 0.2) is 223 Å². The summed E-state index contributed by atoms with van der Waals surface area (Å²) in [5, 5.41) is 9.60. The van der Waals surface area contributed by atoms with Gasteiger partial charge in [0.1, 0.15) is 11.2 Å². The Kier molecular flexibility index (Phi) is 7.54. The molecule has 0 bridgehead atoms. The molecule has 0 aliphatic carbocycles. The third-order valence-corrected chi connectivity index (χ3v) is 11.9. The van der Waals surface area contributed by atoms with Gasteiger partial charge >= 0.3 is 0 Å². The van der Waals surface area contributed by atoms with Crippen LogP contribution in [-0.2, 0) is 0 Å². The van der Waals surface area contributed by atoms with E-state index in [1.165, 1.54) is 60.0 Å². The second-order valence-electron chi connectivity index (χ2n) is 15.4. The first-order valence-electron chi connectivity index (χ1n) is 20.2. The van der Waals surface area contributed by atoms with Crippen LogP contribution in [0, 0.1) is 0 Å². The Morgan fingerprint density at radius 1 is 0.305 bits per heavy atom. The Balaban J connectivity index is 0.953. The molecule has 2 aromatic heterocycles. The van der Waals surface area contributed by atoms with Crippen molar-refractivity contribution in [2.24, 2.45) is 0 Å². The SMILES string of the molecule is c1cc(-c2cccc(N(c3ccc4ccccc4c3)c3ccc4ccccc4c3)c2)cc(-c2ccc3c(c2)c2ccccc2n3-c2ccc3oc4ccccc4c3c2)c1. The van der Waals surface area contributed by atoms with E-state index < -0.39 is 0 Å². The Labute approximate surface area is 341 Å². The number of hydrogen-bond donors (Lipinski definition) is 0. The lowest BCUT2D eigenvalue weighted by atomic mass is 9.97. The van der Waals surface area contributed by atoms with Gasteiger partial charge in [0.2, 0.25) is 0 Å². The molecule has 276 valence electrons. The zero-order valence-corrected chi connectivity index (χ0v) is 32.1. The van der Waals surface area contributed by atoms with E-state index in [1.807, 2.05) is 12.1 Å². The lowest BCUT2D eigenvalue weighted by Gasteiger charge is -2.27. The minimum atomic E-state index is 0.901. The Morgan fingerprint density at radius 3 is 1.61 bits per heavy atom. The highest BCUT2D eigenvalue weighted by atomic mass is 16.3. The zero-order valence-electron chi connectivity index (χ0n) is 32.1. The number of furan rings is 1. The quantitative estimate of drug-likeness (QED) is 0.169. The third-order valence-electron chi connectivity index (χ3n) is 11.9. The number of para-hydroxylation sites is 2. The van der Waals surface area contributed by atoms with Crippen molar-refractivity contribution < 1.29 is 4.42 Å². The molecule has 2 heterocycles. The van der Waals surface area contributed by atoms with E-state index in [9.17, 15) is 0 Å². The van der Waals surface area contributed by atoms with Crippen LogP contribution in [-0.4, -0.2) is 4.57 Å². The van der Waals surface area contributed by atoms with E-state index in [1.54, 1.807) is 0 Å². The normalized spacial score (nSPS) is 11.7. The first-order chi connectivity index (χ1) is 29.2. The Hall–Kier alpha value is -7.88. The van der Waals surface area contributed by atoms with Gasteiger partial charge in [-0.25, -0.2) is 0 Å². The molecule has 0 atom stereocenters. The predicted molar refractivity (Wildman–Crippen MR) is 249 cm³/mol. The number of benzene rings is 10. The van der Waals surface area contributed by atoms with Crippen LogP contribution in [0.5, 0.6) is 0 Å². The summed E-state index contributed by atoms with van der Waals surface area (Å²) in [6.07, 6.45) is 0. The fourth-order valence-corrected chi connectivity index (χ4v) is 9.07. The fraction of sp³-hybridized carbons (Fsp3) is 0. The first-order valence-corrected chi connectivity index (χ1v) is 20.2. The van der Waals surface area contributed by atoms with Crippen LogP contribution < -0.4 is 4.90 Å². The molecule has 0 spiro atoms. The van der Waals surface area contributed by atoms with Crippen LogP contribution in [0.3, 0.4) is 0 Å². The van der Waals surface area contributed by atoms with Gasteiger partial charge in [0.15, 0.2) is 0 Å². The summed E-state index contributed by atoms with van der Waals surface area (Å²) in [6.45, 7) is 0. The van der Waals surface area contributed by atoms with Gasteiger partial charge in [-0.15, -0.1) is 0 Å². The molecule has 0 saturated heterocycles. The highest BCUT2D eigenvalue weighted by Gasteiger charge is 2.17. The minimum absolute atomic E-state index is 0.901. The van der Waals surface area contributed by atoms with Crippen molar-refractivity contribution in [2.75, 3.05) is 4.90 Å². The smallest absolute Gasteiger partial charge is 0.135 e. The maximum absolute atomic E-state index is 6.18. The van der Waals surface area contributed by atoms with Gasteiger partial charge < -0.3 is 13.9 Å². The highest BCUT2D eigenvalue weighted by molar-refractivity contribution is 6.11. The van der Waals surface area contributed by atoms with Crippen molar-refractivity contribution in [3.05, 3.63) is 218 Å². The van der Waals surface area contributed by atoms with Crippen LogP contribution >= 0.6 is 0 Å². The van der Waals surface area contributed by atoms with Gasteiger partial charge in [0, 0.05) is 44.3 Å². The first kappa shape index (κ1) is 33.3. The molecule has 3 nitrogen and oxygen atoms in total. The zero-order chi connectivity index (χ0) is 38.9. The summed E-state index contributed by atoms with van der Waals surface area (Å²) >= 11 is 0. The molecule has 0 fully saturated rings. The second kappa shape index (κ2) is 13.4. The molecule has 10 aromatic carbocycles. The highest BCUT2D eigenvalue weighted by Crippen LogP contribution is 2.41. The summed E-state index contributed by atoms with van der Waals surface area (Å²) in [5.41, 5.74) is 13.3. The van der Waals surface area contributed by atoms with Crippen molar-refractivity contribution in [2.45, 2.75) is 0 Å². The number of nitrogens with zero attached hydrogens (tertiary/aromatic N) is 2. The number of rotatable bonds is 6. The summed E-state index contributed by atoms with van der Waals surface area (Å²) < 4.78 is 8.56. The monoisotopic (exact) mass is 752 g/mol. The van der Waals surface area contributed by atoms with Crippen LogP contribution in [0.2, 0.25) is 0 Å². The van der Waals surface area contributed by atoms with Crippen LogP contribution in [0.1, 0.15) is 0 Å². The summed E-state index contributed by atoms with van der Waals surface area (Å²) in [6, 6.07) is 79.0. The predicted octanol–water partition coefficient (Wildman–Crippen LogP) is 15.8. The molecule has 0 aliphatic rings. The molecule has 59 heavy (non-hydrogen) atoms. The Bertz CT molecular complexity index is 3510. The maximum atomic E-state index is 6.18. The molecule has 0 unspecified atom stereocenters. The van der Waals surface area contributed by atoms with Crippen molar-refractivity contribution in [3.63, 3.8) is 0 Å². The number of fused-ring (bicyclic) bond motifs is 8. The van der Waals surface area contributed by atoms with Gasteiger partial charge in [0.05, 0.1) is 11.0 Å². The van der Waals surface area contributed by atoms with E-state index in [4.69, 9.17) is 4.42 Å². The molecule has 0 saturated carbocycles. The molecular weight excluding hydrogens is 717 g/mol. The third kappa shape index (κ3) is 5.59. The van der Waals surface area contributed by atoms with Gasteiger partial charge in [-0.2, -0.15) is 0 Å². The Morgan fingerprint density at radius 2 is 0.864 bits per heavy atom. The van der Waals surface area contributed by atoms with Gasteiger partial charge in [-0.3, -0.25) is 0 Å². The average molecular weight is 753 g/mol. The van der Waals surface area contributed by atoms with E-state index in [-0.39, 0.29) is 0 Å². The maximum Gasteiger partial charge on any atom is 0.135 e. The van der Waals surface area contributed by atoms with E-state index in [2.05, 4.69) is 216 Å².